The summed E-state index contributed by atoms with van der Waals surface area (Å²) in [5, 5.41) is 0. The normalized spacial score (nSPS) is 11.9. The molecule has 0 aromatic carbocycles. The Balaban J connectivity index is -0.000000158. The zero-order chi connectivity index (χ0) is 14.7. The van der Waals surface area contributed by atoms with E-state index in [9.17, 15) is 0 Å². The summed E-state index contributed by atoms with van der Waals surface area (Å²) in [4.78, 5) is 0. The predicted octanol–water partition coefficient (Wildman–Crippen LogP) is -1.74. The average Bonchev–Trinajstić information content (AvgIpc) is 2.16. The highest BCUT2D eigenvalue weighted by molar-refractivity contribution is 7.79. The van der Waals surface area contributed by atoms with Crippen LogP contribution in [0.15, 0.2) is 0 Å². The predicted molar refractivity (Wildman–Crippen MR) is 69.8 cm³/mol. The molecule has 0 fully saturated rings. The summed E-state index contributed by atoms with van der Waals surface area (Å²) in [5.41, 5.74) is 22.5. The molecule has 0 amide bonds. The number of rotatable bonds is 8. The van der Waals surface area contributed by atoms with Gasteiger partial charge in [0.05, 0.1) is 0 Å². The molecular weight excluding hydrogens is 260 g/mol. The van der Waals surface area contributed by atoms with Gasteiger partial charge in [-0.15, -0.1) is 0 Å². The van der Waals surface area contributed by atoms with E-state index >= 15 is 0 Å². The van der Waals surface area contributed by atoms with Gasteiger partial charge in [-0.05, 0) is 57.3 Å². The van der Waals surface area contributed by atoms with E-state index in [0.717, 1.165) is 25.7 Å². The van der Waals surface area contributed by atoms with Crippen molar-refractivity contribution in [2.24, 2.45) is 28.3 Å². The molecule has 0 unspecified atom stereocenters. The fraction of sp³-hybridized carbons (Fsp3) is 1.00. The maximum absolute atomic E-state index is 8.52. The molecule has 8 N–H and O–H groups in total. The Morgan fingerprint density at radius 1 is 0.778 bits per heavy atom. The molecule has 0 atom stereocenters. The lowest BCUT2D eigenvalue weighted by Gasteiger charge is -2.32. The van der Waals surface area contributed by atoms with Crippen LogP contribution in [0.1, 0.15) is 28.5 Å². The van der Waals surface area contributed by atoms with Crippen molar-refractivity contribution in [3.05, 3.63) is 0 Å². The van der Waals surface area contributed by atoms with Crippen LogP contribution >= 0.6 is 0 Å². The van der Waals surface area contributed by atoms with Crippen molar-refractivity contribution < 1.29 is 20.4 Å². The molecular formula is C9H26N4O4S. The van der Waals surface area contributed by atoms with E-state index in [4.69, 9.17) is 40.5 Å². The van der Waals surface area contributed by atoms with E-state index in [-0.39, 0.29) is 8.27 Å². The summed E-state index contributed by atoms with van der Waals surface area (Å²) in [7, 11) is -5.17. The SMILES string of the molecule is NCCC(CCN)(CCN)CCN.O=S(=O)([O-])[O-].[H+].[H+]. The third kappa shape index (κ3) is 13.8. The van der Waals surface area contributed by atoms with Gasteiger partial charge in [-0.2, -0.15) is 0 Å². The maximum Gasteiger partial charge on any atom is 1.00 e. The molecule has 0 aromatic heterocycles. The number of nitrogens with two attached hydrogens (primary N) is 4. The molecule has 0 aliphatic heterocycles. The van der Waals surface area contributed by atoms with Crippen LogP contribution in [0.2, 0.25) is 0 Å². The molecule has 0 saturated carbocycles. The quantitative estimate of drug-likeness (QED) is 0.299. The molecule has 0 rings (SSSR count). The Morgan fingerprint density at radius 3 is 1.06 bits per heavy atom. The van der Waals surface area contributed by atoms with Crippen LogP contribution in [-0.2, 0) is 10.4 Å². The highest BCUT2D eigenvalue weighted by Gasteiger charge is 2.26. The zero-order valence-electron chi connectivity index (χ0n) is 12.5. The van der Waals surface area contributed by atoms with Crippen LogP contribution < -0.4 is 22.9 Å². The van der Waals surface area contributed by atoms with E-state index in [1.54, 1.807) is 0 Å². The van der Waals surface area contributed by atoms with Gasteiger partial charge < -0.3 is 32.0 Å². The minimum Gasteiger partial charge on any atom is -0.759 e. The molecule has 8 nitrogen and oxygen atoms in total. The lowest BCUT2D eigenvalue weighted by atomic mass is 9.75. The summed E-state index contributed by atoms with van der Waals surface area (Å²) < 4.78 is 34.1. The molecule has 18 heavy (non-hydrogen) atoms. The first kappa shape index (κ1) is 20.0. The maximum atomic E-state index is 8.52. The molecule has 0 bridgehead atoms. The zero-order valence-corrected chi connectivity index (χ0v) is 11.3. The fourth-order valence-electron chi connectivity index (χ4n) is 1.97. The molecule has 9 heteroatoms. The third-order valence-electron chi connectivity index (χ3n) is 2.70. The molecule has 0 saturated heterocycles. The minimum atomic E-state index is -5.17. The Kier molecular flexibility index (Phi) is 11.8. The van der Waals surface area contributed by atoms with Crippen molar-refractivity contribution in [1.82, 2.24) is 0 Å². The van der Waals surface area contributed by atoms with Gasteiger partial charge in [0.25, 0.3) is 0 Å². The summed E-state index contributed by atoms with van der Waals surface area (Å²) in [6.45, 7) is 2.78. The standard InChI is InChI=1S/C9H24N4.H2O4S/c10-5-1-9(2-6-11,3-7-12)4-8-13;1-5(2,3)4/h1-8,10-13H2;(H2,1,2,3,4). The fourth-order valence-corrected chi connectivity index (χ4v) is 1.97. The summed E-state index contributed by atoms with van der Waals surface area (Å²) in [6.07, 6.45) is 3.94. The Morgan fingerprint density at radius 2 is 0.944 bits per heavy atom. The van der Waals surface area contributed by atoms with Crippen LogP contribution in [0.3, 0.4) is 0 Å². The highest BCUT2D eigenvalue weighted by Crippen LogP contribution is 2.32. The van der Waals surface area contributed by atoms with Gasteiger partial charge in [0.1, 0.15) is 0 Å². The second-order valence-corrected chi connectivity index (χ2v) is 4.88. The molecule has 0 aliphatic rings. The van der Waals surface area contributed by atoms with Crippen molar-refractivity contribution in [2.45, 2.75) is 25.7 Å². The first-order chi connectivity index (χ1) is 8.24. The van der Waals surface area contributed by atoms with Crippen LogP contribution in [0, 0.1) is 5.41 Å². The van der Waals surface area contributed by atoms with Gasteiger partial charge in [0.15, 0.2) is 0 Å². The summed E-state index contributed by atoms with van der Waals surface area (Å²) >= 11 is 0. The van der Waals surface area contributed by atoms with Crippen LogP contribution in [0.25, 0.3) is 0 Å². The first-order valence-electron chi connectivity index (χ1n) is 5.71. The van der Waals surface area contributed by atoms with Gasteiger partial charge in [-0.1, -0.05) is 0 Å². The van der Waals surface area contributed by atoms with Gasteiger partial charge in [0.2, 0.25) is 0 Å². The smallest absolute Gasteiger partial charge is 0.759 e. The molecule has 112 valence electrons. The van der Waals surface area contributed by atoms with Gasteiger partial charge in [0, 0.05) is 10.4 Å². The van der Waals surface area contributed by atoms with Gasteiger partial charge in [-0.3, -0.25) is 8.42 Å². The molecule has 0 spiro atoms. The summed E-state index contributed by atoms with van der Waals surface area (Å²) in [6, 6.07) is 0. The third-order valence-corrected chi connectivity index (χ3v) is 2.70. The monoisotopic (exact) mass is 286 g/mol. The number of hydrogen-bond donors (Lipinski definition) is 4. The molecule has 0 aliphatic carbocycles. The molecule has 0 aromatic rings. The lowest BCUT2D eigenvalue weighted by molar-refractivity contribution is 0.215. The average molecular weight is 286 g/mol. The van der Waals surface area contributed by atoms with E-state index in [1.165, 1.54) is 0 Å². The van der Waals surface area contributed by atoms with Crippen molar-refractivity contribution in [1.29, 1.82) is 0 Å². The van der Waals surface area contributed by atoms with E-state index in [2.05, 4.69) is 0 Å². The van der Waals surface area contributed by atoms with Gasteiger partial charge in [-0.25, -0.2) is 0 Å². The largest absolute Gasteiger partial charge is 1.00 e. The van der Waals surface area contributed by atoms with Crippen LogP contribution in [0.5, 0.6) is 0 Å². The number of hydrogen-bond acceptors (Lipinski definition) is 8. The highest BCUT2D eigenvalue weighted by atomic mass is 32.3. The Hall–Kier alpha value is -0.290. The van der Waals surface area contributed by atoms with E-state index < -0.39 is 10.4 Å². The van der Waals surface area contributed by atoms with Crippen molar-refractivity contribution in [3.63, 3.8) is 0 Å². The molecule has 0 radical (unpaired) electrons. The van der Waals surface area contributed by atoms with Crippen molar-refractivity contribution in [3.8, 4) is 0 Å². The Bertz CT molecular complexity index is 256. The van der Waals surface area contributed by atoms with Crippen molar-refractivity contribution in [2.75, 3.05) is 26.2 Å². The minimum absolute atomic E-state index is 0. The Labute approximate surface area is 112 Å². The van der Waals surface area contributed by atoms with Gasteiger partial charge >= 0.3 is 2.85 Å². The molecule has 0 heterocycles. The topological polar surface area (TPSA) is 184 Å². The first-order valence-corrected chi connectivity index (χ1v) is 7.05. The lowest BCUT2D eigenvalue weighted by Crippen LogP contribution is -2.32. The summed E-state index contributed by atoms with van der Waals surface area (Å²) in [5.74, 6) is 0. The second-order valence-electron chi connectivity index (χ2n) is 4.06. The van der Waals surface area contributed by atoms with Crippen LogP contribution in [-0.4, -0.2) is 43.7 Å². The van der Waals surface area contributed by atoms with E-state index in [1.807, 2.05) is 0 Å². The second kappa shape index (κ2) is 10.6. The van der Waals surface area contributed by atoms with Crippen LogP contribution in [0.4, 0.5) is 0 Å². The van der Waals surface area contributed by atoms with E-state index in [0.29, 0.717) is 26.2 Å². The van der Waals surface area contributed by atoms with Crippen molar-refractivity contribution >= 4 is 10.4 Å².